The van der Waals surface area contributed by atoms with Crippen LogP contribution in [-0.2, 0) is 0 Å². The molecule has 0 aliphatic rings. The third kappa shape index (κ3) is 36.0. The highest BCUT2D eigenvalue weighted by molar-refractivity contribution is 4.54. The van der Waals surface area contributed by atoms with E-state index in [1.54, 1.807) is 0 Å². The van der Waals surface area contributed by atoms with Crippen LogP contribution in [0.2, 0.25) is 0 Å². The topological polar surface area (TPSA) is 88.1 Å². The maximum Gasteiger partial charge on any atom is 0.00772 e. The van der Waals surface area contributed by atoms with E-state index in [-0.39, 0.29) is 62.0 Å². The van der Waals surface area contributed by atoms with Crippen LogP contribution in [0.3, 0.4) is 0 Å². The van der Waals surface area contributed by atoms with E-state index in [0.29, 0.717) is 13.1 Å². The first-order chi connectivity index (χ1) is 6.41. The van der Waals surface area contributed by atoms with E-state index in [2.05, 4.69) is 16.0 Å². The van der Waals surface area contributed by atoms with Crippen molar-refractivity contribution in [3.05, 3.63) is 0 Å². The van der Waals surface area contributed by atoms with Gasteiger partial charge in [-0.25, -0.2) is 0 Å². The van der Waals surface area contributed by atoms with Crippen molar-refractivity contribution in [2.75, 3.05) is 52.4 Å². The quantitative estimate of drug-likeness (QED) is 0.248. The first-order valence-corrected chi connectivity index (χ1v) is 4.94. The summed E-state index contributed by atoms with van der Waals surface area (Å²) >= 11 is 0. The van der Waals surface area contributed by atoms with Gasteiger partial charge in [-0.3, -0.25) is 0 Å². The van der Waals surface area contributed by atoms with E-state index in [0.717, 1.165) is 39.3 Å². The SMILES string of the molecule is NCCNCCNCCNCCN.[Cl-].[Cl-].[Cl-].[Cl-].[Cl-]. The summed E-state index contributed by atoms with van der Waals surface area (Å²) in [5.74, 6) is 0. The fourth-order valence-corrected chi connectivity index (χ4v) is 0.933. The Morgan fingerprint density at radius 3 is 0.889 bits per heavy atom. The number of rotatable bonds is 10. The molecule has 0 unspecified atom stereocenters. The minimum atomic E-state index is 0. The zero-order valence-corrected chi connectivity index (χ0v) is 14.0. The van der Waals surface area contributed by atoms with Crippen molar-refractivity contribution in [1.82, 2.24) is 16.0 Å². The number of hydrogen-bond acceptors (Lipinski definition) is 5. The molecule has 0 aromatic heterocycles. The molecule has 120 valence electrons. The van der Waals surface area contributed by atoms with E-state index >= 15 is 0 Å². The van der Waals surface area contributed by atoms with Gasteiger partial charge in [-0.2, -0.15) is 0 Å². The van der Waals surface area contributed by atoms with E-state index in [4.69, 9.17) is 11.5 Å². The monoisotopic (exact) mass is 364 g/mol. The Morgan fingerprint density at radius 1 is 0.444 bits per heavy atom. The van der Waals surface area contributed by atoms with Gasteiger partial charge in [0.25, 0.3) is 0 Å². The molecule has 0 saturated heterocycles. The van der Waals surface area contributed by atoms with Gasteiger partial charge in [-0.15, -0.1) is 0 Å². The van der Waals surface area contributed by atoms with E-state index in [1.807, 2.05) is 0 Å². The highest BCUT2D eigenvalue weighted by atomic mass is 35.5. The molecule has 5 nitrogen and oxygen atoms in total. The van der Waals surface area contributed by atoms with Crippen molar-refractivity contribution in [2.24, 2.45) is 11.5 Å². The highest BCUT2D eigenvalue weighted by Gasteiger charge is 1.87. The molecule has 0 aromatic carbocycles. The molecule has 0 bridgehead atoms. The molecular formula is C8H23Cl5N5-5. The van der Waals surface area contributed by atoms with E-state index in [9.17, 15) is 0 Å². The summed E-state index contributed by atoms with van der Waals surface area (Å²) in [5, 5.41) is 9.71. The fraction of sp³-hybridized carbons (Fsp3) is 1.00. The summed E-state index contributed by atoms with van der Waals surface area (Å²) in [5.41, 5.74) is 10.6. The Balaban J connectivity index is -0.0000000720. The number of nitrogens with two attached hydrogens (primary N) is 2. The van der Waals surface area contributed by atoms with Crippen molar-refractivity contribution in [3.63, 3.8) is 0 Å². The zero-order valence-electron chi connectivity index (χ0n) is 10.2. The molecule has 0 saturated carbocycles. The van der Waals surface area contributed by atoms with Gasteiger partial charge in [-0.1, -0.05) is 0 Å². The smallest absolute Gasteiger partial charge is 0.00772 e. The van der Waals surface area contributed by atoms with Crippen LogP contribution in [-0.4, -0.2) is 52.4 Å². The Kier molecular flexibility index (Phi) is 73.4. The molecule has 18 heavy (non-hydrogen) atoms. The predicted octanol–water partition coefficient (Wildman–Crippen LogP) is -17.3. The summed E-state index contributed by atoms with van der Waals surface area (Å²) in [4.78, 5) is 0. The molecule has 0 fully saturated rings. The highest BCUT2D eigenvalue weighted by Crippen LogP contribution is 1.60. The van der Waals surface area contributed by atoms with Gasteiger partial charge in [0.15, 0.2) is 0 Å². The minimum Gasteiger partial charge on any atom is -1.00 e. The summed E-state index contributed by atoms with van der Waals surface area (Å²) < 4.78 is 0. The molecule has 7 N–H and O–H groups in total. The molecule has 0 amide bonds. The lowest BCUT2D eigenvalue weighted by Crippen LogP contribution is -3.00. The fourth-order valence-electron chi connectivity index (χ4n) is 0.933. The van der Waals surface area contributed by atoms with Crippen LogP contribution in [0.5, 0.6) is 0 Å². The lowest BCUT2D eigenvalue weighted by Gasteiger charge is -2.06. The van der Waals surface area contributed by atoms with Gasteiger partial charge < -0.3 is 89.5 Å². The molecule has 0 spiro atoms. The Bertz CT molecular complexity index is 93.9. The van der Waals surface area contributed by atoms with Crippen LogP contribution in [0.15, 0.2) is 0 Å². The summed E-state index contributed by atoms with van der Waals surface area (Å²) in [6, 6.07) is 0. The molecule has 0 aliphatic heterocycles. The summed E-state index contributed by atoms with van der Waals surface area (Å²) in [7, 11) is 0. The number of halogens is 5. The molecule has 0 atom stereocenters. The van der Waals surface area contributed by atoms with Crippen molar-refractivity contribution < 1.29 is 62.0 Å². The Hall–Kier alpha value is 1.25. The van der Waals surface area contributed by atoms with Crippen LogP contribution >= 0.6 is 0 Å². The van der Waals surface area contributed by atoms with Crippen molar-refractivity contribution >= 4 is 0 Å². The molecule has 0 heterocycles. The molecule has 0 rings (SSSR count). The standard InChI is InChI=1S/C8H23N5.5ClH/c9-1-3-11-5-7-13-8-6-12-4-2-10;;;;;/h11-13H,1-10H2;5*1H/p-5. The van der Waals surface area contributed by atoms with Crippen LogP contribution in [0.25, 0.3) is 0 Å². The minimum absolute atomic E-state index is 0. The van der Waals surface area contributed by atoms with Crippen LogP contribution in [0.4, 0.5) is 0 Å². The Labute approximate surface area is 141 Å². The maximum atomic E-state index is 5.32. The number of hydrogen-bond donors (Lipinski definition) is 5. The second-order valence-corrected chi connectivity index (χ2v) is 2.83. The van der Waals surface area contributed by atoms with E-state index < -0.39 is 0 Å². The van der Waals surface area contributed by atoms with E-state index in [1.165, 1.54) is 0 Å². The van der Waals surface area contributed by atoms with Gasteiger partial charge in [0, 0.05) is 52.4 Å². The molecule has 0 radical (unpaired) electrons. The second-order valence-electron chi connectivity index (χ2n) is 2.83. The van der Waals surface area contributed by atoms with Gasteiger partial charge in [0.1, 0.15) is 0 Å². The van der Waals surface area contributed by atoms with Gasteiger partial charge >= 0.3 is 0 Å². The molecule has 10 heteroatoms. The van der Waals surface area contributed by atoms with Crippen LogP contribution < -0.4 is 89.5 Å². The summed E-state index contributed by atoms with van der Waals surface area (Å²) in [6.07, 6.45) is 0. The molecule has 0 aliphatic carbocycles. The average Bonchev–Trinajstić information content (AvgIpc) is 2.16. The summed E-state index contributed by atoms with van der Waals surface area (Å²) in [6.45, 7) is 7.15. The van der Waals surface area contributed by atoms with Crippen molar-refractivity contribution in [1.29, 1.82) is 0 Å². The first kappa shape index (κ1) is 36.5. The lowest BCUT2D eigenvalue weighted by atomic mass is 10.5. The Morgan fingerprint density at radius 2 is 0.667 bits per heavy atom. The second kappa shape index (κ2) is 36.2. The van der Waals surface area contributed by atoms with Crippen molar-refractivity contribution in [2.45, 2.75) is 0 Å². The van der Waals surface area contributed by atoms with Crippen molar-refractivity contribution in [3.8, 4) is 0 Å². The largest absolute Gasteiger partial charge is 1.00 e. The first-order valence-electron chi connectivity index (χ1n) is 4.94. The zero-order chi connectivity index (χ0) is 9.78. The maximum absolute atomic E-state index is 5.32. The van der Waals surface area contributed by atoms with Crippen LogP contribution in [0, 0.1) is 0 Å². The third-order valence-corrected chi connectivity index (χ3v) is 1.60. The average molecular weight is 367 g/mol. The van der Waals surface area contributed by atoms with Crippen LogP contribution in [0.1, 0.15) is 0 Å². The van der Waals surface area contributed by atoms with Gasteiger partial charge in [-0.05, 0) is 0 Å². The predicted molar refractivity (Wildman–Crippen MR) is 56.7 cm³/mol. The normalized spacial score (nSPS) is 7.67. The molecule has 0 aromatic rings. The third-order valence-electron chi connectivity index (χ3n) is 1.60. The number of nitrogens with one attached hydrogen (secondary N) is 3. The lowest BCUT2D eigenvalue weighted by molar-refractivity contribution is -0.00100. The van der Waals surface area contributed by atoms with Gasteiger partial charge in [0.05, 0.1) is 0 Å². The molecular weight excluding hydrogens is 343 g/mol. The van der Waals surface area contributed by atoms with Gasteiger partial charge in [0.2, 0.25) is 0 Å².